The van der Waals surface area contributed by atoms with Crippen LogP contribution in [0.2, 0.25) is 0 Å². The number of para-hydroxylation sites is 1. The third kappa shape index (κ3) is 7.60. The van der Waals surface area contributed by atoms with Crippen LogP contribution in [0.1, 0.15) is 64.6 Å². The smallest absolute Gasteiger partial charge is 0.408 e. The highest BCUT2D eigenvalue weighted by molar-refractivity contribution is 5.94. The van der Waals surface area contributed by atoms with Gasteiger partial charge in [-0.2, -0.15) is 0 Å². The van der Waals surface area contributed by atoms with Crippen molar-refractivity contribution in [3.8, 4) is 5.75 Å². The highest BCUT2D eigenvalue weighted by Crippen LogP contribution is 2.39. The summed E-state index contributed by atoms with van der Waals surface area (Å²) in [4.78, 5) is 52.8. The van der Waals surface area contributed by atoms with Gasteiger partial charge in [-0.25, -0.2) is 4.79 Å². The minimum Gasteiger partial charge on any atom is -0.507 e. The topological polar surface area (TPSA) is 134 Å². The first-order chi connectivity index (χ1) is 16.3. The van der Waals surface area contributed by atoms with Gasteiger partial charge in [-0.15, -0.1) is 0 Å². The molecule has 2 unspecified atom stereocenters. The molecular formula is C25H37N3O7. The van der Waals surface area contributed by atoms with Gasteiger partial charge in [0.1, 0.15) is 30.0 Å². The minimum atomic E-state index is -1.22. The Morgan fingerprint density at radius 2 is 1.80 bits per heavy atom. The van der Waals surface area contributed by atoms with Crippen LogP contribution < -0.4 is 10.6 Å². The molecule has 10 nitrogen and oxygen atoms in total. The fourth-order valence-corrected chi connectivity index (χ4v) is 3.63. The molecule has 2 rings (SSSR count). The summed E-state index contributed by atoms with van der Waals surface area (Å²) in [6, 6.07) is 2.47. The summed E-state index contributed by atoms with van der Waals surface area (Å²) in [5.41, 5.74) is 0.00486. The number of phenolic OH excluding ortho intramolecular Hbond substituents is 1. The number of aryl methyl sites for hydroxylation is 1. The van der Waals surface area contributed by atoms with Crippen LogP contribution in [0.5, 0.6) is 5.75 Å². The molecule has 1 saturated carbocycles. The van der Waals surface area contributed by atoms with Crippen molar-refractivity contribution in [1.29, 1.82) is 0 Å². The van der Waals surface area contributed by atoms with E-state index >= 15 is 0 Å². The molecule has 0 aromatic heterocycles. The van der Waals surface area contributed by atoms with Gasteiger partial charge in [0.25, 0.3) is 0 Å². The number of ether oxygens (including phenoxy) is 2. The van der Waals surface area contributed by atoms with E-state index in [9.17, 15) is 24.3 Å². The second-order valence-electron chi connectivity index (χ2n) is 10.1. The number of rotatable bonds is 9. The zero-order chi connectivity index (χ0) is 26.5. The molecular weight excluding hydrogens is 454 g/mol. The average molecular weight is 492 g/mol. The van der Waals surface area contributed by atoms with E-state index in [-0.39, 0.29) is 23.3 Å². The maximum Gasteiger partial charge on any atom is 0.408 e. The fraction of sp³-hybridized carbons (Fsp3) is 0.600. The van der Waals surface area contributed by atoms with Gasteiger partial charge in [0.15, 0.2) is 0 Å². The van der Waals surface area contributed by atoms with Gasteiger partial charge in [0.2, 0.25) is 11.8 Å². The number of aromatic hydroxyl groups is 1. The quantitative estimate of drug-likeness (QED) is 0.452. The molecule has 3 N–H and O–H groups in total. The van der Waals surface area contributed by atoms with Crippen molar-refractivity contribution in [1.82, 2.24) is 15.5 Å². The van der Waals surface area contributed by atoms with Gasteiger partial charge in [0.05, 0.1) is 7.11 Å². The van der Waals surface area contributed by atoms with Crippen LogP contribution >= 0.6 is 0 Å². The van der Waals surface area contributed by atoms with Crippen molar-refractivity contribution in [2.45, 2.75) is 78.1 Å². The number of esters is 1. The van der Waals surface area contributed by atoms with Gasteiger partial charge in [0, 0.05) is 11.6 Å². The number of phenols is 1. The maximum atomic E-state index is 13.9. The van der Waals surface area contributed by atoms with Crippen LogP contribution in [-0.2, 0) is 23.9 Å². The Labute approximate surface area is 206 Å². The monoisotopic (exact) mass is 491 g/mol. The SMILES string of the molecule is COC(=O)CNC(=O)C(c1cccc(C)c1O)N(C(=O)C(NC(=O)OC(C)(C)C)C(C)C)C1CC1. The van der Waals surface area contributed by atoms with Crippen molar-refractivity contribution < 1.29 is 33.8 Å². The van der Waals surface area contributed by atoms with Crippen LogP contribution in [0.4, 0.5) is 4.79 Å². The van der Waals surface area contributed by atoms with Crippen LogP contribution in [0.3, 0.4) is 0 Å². The highest BCUT2D eigenvalue weighted by Gasteiger charge is 2.45. The standard InChI is InChI=1S/C25H37N3O7/c1-14(2)19(27-24(33)35-25(4,5)6)23(32)28(16-11-12-16)20(22(31)26-13-18(29)34-7)17-10-8-9-15(3)21(17)30/h8-10,14,16,19-20,30H,11-13H2,1-7H3,(H,26,31)(H,27,33). The predicted octanol–water partition coefficient (Wildman–Crippen LogP) is 2.57. The number of carbonyl (C=O) groups excluding carboxylic acids is 4. The third-order valence-electron chi connectivity index (χ3n) is 5.52. The molecule has 1 aliphatic rings. The molecule has 0 aliphatic heterocycles. The molecule has 0 bridgehead atoms. The number of hydrogen-bond acceptors (Lipinski definition) is 7. The fourth-order valence-electron chi connectivity index (χ4n) is 3.63. The molecule has 1 fully saturated rings. The van der Waals surface area contributed by atoms with Crippen LogP contribution in [-0.4, -0.2) is 65.2 Å². The van der Waals surface area contributed by atoms with E-state index in [0.29, 0.717) is 18.4 Å². The minimum absolute atomic E-state index is 0.120. The number of nitrogens with zero attached hydrogens (tertiary/aromatic N) is 1. The van der Waals surface area contributed by atoms with Crippen molar-refractivity contribution in [3.63, 3.8) is 0 Å². The lowest BCUT2D eigenvalue weighted by Crippen LogP contribution is -2.55. The van der Waals surface area contributed by atoms with Gasteiger partial charge < -0.3 is 30.1 Å². The summed E-state index contributed by atoms with van der Waals surface area (Å²) in [6.07, 6.45) is 0.581. The normalized spacial score (nSPS) is 15.1. The lowest BCUT2D eigenvalue weighted by Gasteiger charge is -2.36. The molecule has 1 aliphatic carbocycles. The Morgan fingerprint density at radius 3 is 2.31 bits per heavy atom. The summed E-state index contributed by atoms with van der Waals surface area (Å²) in [7, 11) is 1.20. The molecule has 35 heavy (non-hydrogen) atoms. The van der Waals surface area contributed by atoms with E-state index < -0.39 is 48.1 Å². The summed E-state index contributed by atoms with van der Waals surface area (Å²) in [5, 5.41) is 15.9. The molecule has 1 aromatic carbocycles. The van der Waals surface area contributed by atoms with Gasteiger partial charge in [-0.05, 0) is 52.0 Å². The molecule has 0 heterocycles. The Morgan fingerprint density at radius 1 is 1.17 bits per heavy atom. The number of hydrogen-bond donors (Lipinski definition) is 3. The molecule has 0 saturated heterocycles. The summed E-state index contributed by atoms with van der Waals surface area (Å²) < 4.78 is 9.94. The zero-order valence-electron chi connectivity index (χ0n) is 21.5. The first-order valence-corrected chi connectivity index (χ1v) is 11.7. The largest absolute Gasteiger partial charge is 0.507 e. The molecule has 194 valence electrons. The van der Waals surface area contributed by atoms with Gasteiger partial charge in [-0.3, -0.25) is 14.4 Å². The van der Waals surface area contributed by atoms with Gasteiger partial charge >= 0.3 is 12.1 Å². The van der Waals surface area contributed by atoms with Crippen molar-refractivity contribution in [2.75, 3.05) is 13.7 Å². The molecule has 10 heteroatoms. The van der Waals surface area contributed by atoms with Crippen molar-refractivity contribution in [3.05, 3.63) is 29.3 Å². The van der Waals surface area contributed by atoms with E-state index in [1.54, 1.807) is 59.7 Å². The van der Waals surface area contributed by atoms with E-state index in [4.69, 9.17) is 4.74 Å². The molecule has 0 radical (unpaired) electrons. The van der Waals surface area contributed by atoms with Crippen LogP contribution in [0.25, 0.3) is 0 Å². The Balaban J connectivity index is 2.47. The predicted molar refractivity (Wildman–Crippen MR) is 128 cm³/mol. The molecule has 2 atom stereocenters. The Hall–Kier alpha value is -3.30. The molecule has 1 aromatic rings. The van der Waals surface area contributed by atoms with E-state index in [1.807, 2.05) is 0 Å². The lowest BCUT2D eigenvalue weighted by molar-refractivity contribution is -0.145. The summed E-state index contributed by atoms with van der Waals surface area (Å²) in [6.45, 7) is 10.0. The van der Waals surface area contributed by atoms with Crippen LogP contribution in [0, 0.1) is 12.8 Å². The van der Waals surface area contributed by atoms with Crippen molar-refractivity contribution in [2.24, 2.45) is 5.92 Å². The number of alkyl carbamates (subject to hydrolysis) is 1. The number of benzene rings is 1. The highest BCUT2D eigenvalue weighted by atomic mass is 16.6. The maximum absolute atomic E-state index is 13.9. The third-order valence-corrected chi connectivity index (χ3v) is 5.52. The Kier molecular flexibility index (Phi) is 9.12. The lowest BCUT2D eigenvalue weighted by atomic mass is 9.97. The average Bonchev–Trinajstić information content (AvgIpc) is 3.59. The zero-order valence-corrected chi connectivity index (χ0v) is 21.5. The summed E-state index contributed by atoms with van der Waals surface area (Å²) in [5.74, 6) is -2.21. The molecule has 0 spiro atoms. The Bertz CT molecular complexity index is 951. The first kappa shape index (κ1) is 27.9. The second kappa shape index (κ2) is 11.4. The number of methoxy groups -OCH3 is 1. The van der Waals surface area contributed by atoms with E-state index in [2.05, 4.69) is 15.4 Å². The van der Waals surface area contributed by atoms with Crippen molar-refractivity contribution >= 4 is 23.9 Å². The summed E-state index contributed by atoms with van der Waals surface area (Å²) >= 11 is 0. The first-order valence-electron chi connectivity index (χ1n) is 11.7. The number of amides is 3. The number of nitrogens with one attached hydrogen (secondary N) is 2. The van der Waals surface area contributed by atoms with Crippen LogP contribution in [0.15, 0.2) is 18.2 Å². The van der Waals surface area contributed by atoms with Gasteiger partial charge in [-0.1, -0.05) is 32.0 Å². The van der Waals surface area contributed by atoms with E-state index in [0.717, 1.165) is 0 Å². The molecule has 3 amide bonds. The number of carbonyl (C=O) groups is 4. The second-order valence-corrected chi connectivity index (χ2v) is 10.1. The van der Waals surface area contributed by atoms with E-state index in [1.165, 1.54) is 12.0 Å².